The van der Waals surface area contributed by atoms with Gasteiger partial charge in [0.25, 0.3) is 0 Å². The van der Waals surface area contributed by atoms with Crippen molar-refractivity contribution in [1.82, 2.24) is 5.32 Å². The number of nitrogens with one attached hydrogen (secondary N) is 1. The molecule has 4 nitrogen and oxygen atoms in total. The SMILES string of the molecule is CCCCCCCCCCCC(=O)N[C@@H](CCSC)C(=O)[O-].[Na+]. The van der Waals surface area contributed by atoms with Crippen LogP contribution >= 0.6 is 11.8 Å². The van der Waals surface area contributed by atoms with Gasteiger partial charge in [-0.05, 0) is 24.9 Å². The van der Waals surface area contributed by atoms with Crippen molar-refractivity contribution in [3.05, 3.63) is 0 Å². The van der Waals surface area contributed by atoms with Gasteiger partial charge < -0.3 is 15.2 Å². The number of carbonyl (C=O) groups is 2. The van der Waals surface area contributed by atoms with Crippen LogP contribution in [0.15, 0.2) is 0 Å². The summed E-state index contributed by atoms with van der Waals surface area (Å²) in [6, 6.07) is -0.849. The van der Waals surface area contributed by atoms with Crippen LogP contribution in [0.5, 0.6) is 0 Å². The molecule has 0 aromatic rings. The second-order valence-corrected chi connectivity index (χ2v) is 6.78. The number of carbonyl (C=O) groups excluding carboxylic acids is 2. The molecule has 0 unspecified atom stereocenters. The summed E-state index contributed by atoms with van der Waals surface area (Å²) in [7, 11) is 0. The fourth-order valence-electron chi connectivity index (χ4n) is 2.35. The van der Waals surface area contributed by atoms with Crippen LogP contribution in [0.4, 0.5) is 0 Å². The van der Waals surface area contributed by atoms with Crippen molar-refractivity contribution >= 4 is 23.6 Å². The topological polar surface area (TPSA) is 69.2 Å². The summed E-state index contributed by atoms with van der Waals surface area (Å²) in [4.78, 5) is 22.6. The van der Waals surface area contributed by atoms with Gasteiger partial charge in [0.1, 0.15) is 0 Å². The first-order chi connectivity index (χ1) is 10.6. The molecular formula is C17H32NNaO3S. The zero-order valence-corrected chi connectivity index (χ0v) is 18.0. The van der Waals surface area contributed by atoms with Gasteiger partial charge in [0, 0.05) is 6.42 Å². The summed E-state index contributed by atoms with van der Waals surface area (Å²) >= 11 is 1.57. The quantitative estimate of drug-likeness (QED) is 0.330. The molecule has 130 valence electrons. The van der Waals surface area contributed by atoms with E-state index in [4.69, 9.17) is 0 Å². The second-order valence-electron chi connectivity index (χ2n) is 5.80. The molecule has 0 saturated carbocycles. The molecule has 0 aliphatic carbocycles. The number of rotatable bonds is 15. The normalized spacial score (nSPS) is 11.6. The Balaban J connectivity index is 0. The third-order valence-corrected chi connectivity index (χ3v) is 4.38. The number of unbranched alkanes of at least 4 members (excludes halogenated alkanes) is 8. The minimum atomic E-state index is -1.19. The molecule has 0 heterocycles. The molecule has 0 spiro atoms. The molecule has 0 rings (SSSR count). The Morgan fingerprint density at radius 3 is 2.00 bits per heavy atom. The number of thioether (sulfide) groups is 1. The molecule has 0 aliphatic heterocycles. The molecule has 0 bridgehead atoms. The predicted molar refractivity (Wildman–Crippen MR) is 91.8 cm³/mol. The number of carboxylic acid groups (broad SMARTS) is 1. The molecular weight excluding hydrogens is 321 g/mol. The van der Waals surface area contributed by atoms with Gasteiger partial charge in [-0.1, -0.05) is 58.3 Å². The van der Waals surface area contributed by atoms with Crippen molar-refractivity contribution in [2.75, 3.05) is 12.0 Å². The van der Waals surface area contributed by atoms with Crippen LogP contribution in [0, 0.1) is 0 Å². The third-order valence-electron chi connectivity index (χ3n) is 3.74. The standard InChI is InChI=1S/C17H33NO3S.Na/c1-3-4-5-6-7-8-9-10-11-12-16(19)18-15(17(20)21)13-14-22-2;/h15H,3-14H2,1-2H3,(H,18,19)(H,20,21);/q;+1/p-1/t15-;/m0./s1. The van der Waals surface area contributed by atoms with Crippen LogP contribution in [0.2, 0.25) is 0 Å². The Bertz CT molecular complexity index is 304. The van der Waals surface area contributed by atoms with Gasteiger partial charge in [-0.25, -0.2) is 0 Å². The van der Waals surface area contributed by atoms with Crippen LogP contribution < -0.4 is 40.0 Å². The largest absolute Gasteiger partial charge is 1.00 e. The molecule has 6 heteroatoms. The number of hydrogen-bond donors (Lipinski definition) is 1. The maximum absolute atomic E-state index is 11.7. The first-order valence-corrected chi connectivity index (χ1v) is 10.00. The minimum absolute atomic E-state index is 0. The molecule has 1 atom stereocenters. The van der Waals surface area contributed by atoms with E-state index in [2.05, 4.69) is 12.2 Å². The van der Waals surface area contributed by atoms with Crippen molar-refractivity contribution in [2.24, 2.45) is 0 Å². The number of hydrogen-bond acceptors (Lipinski definition) is 4. The summed E-state index contributed by atoms with van der Waals surface area (Å²) in [5, 5.41) is 13.5. The molecule has 23 heavy (non-hydrogen) atoms. The van der Waals surface area contributed by atoms with Crippen molar-refractivity contribution in [3.63, 3.8) is 0 Å². The Kier molecular flexibility index (Phi) is 20.7. The zero-order valence-electron chi connectivity index (χ0n) is 15.2. The van der Waals surface area contributed by atoms with E-state index in [9.17, 15) is 14.7 Å². The molecule has 0 radical (unpaired) electrons. The first-order valence-electron chi connectivity index (χ1n) is 8.61. The van der Waals surface area contributed by atoms with Gasteiger partial charge in [0.2, 0.25) is 5.91 Å². The van der Waals surface area contributed by atoms with Gasteiger partial charge in [0.15, 0.2) is 0 Å². The van der Waals surface area contributed by atoms with Crippen molar-refractivity contribution in [2.45, 2.75) is 83.6 Å². The summed E-state index contributed by atoms with van der Waals surface area (Å²) in [5.41, 5.74) is 0. The maximum Gasteiger partial charge on any atom is 1.00 e. The monoisotopic (exact) mass is 353 g/mol. The van der Waals surface area contributed by atoms with Gasteiger partial charge in [-0.15, -0.1) is 0 Å². The van der Waals surface area contributed by atoms with Crippen LogP contribution in [-0.2, 0) is 9.59 Å². The Labute approximate surface area is 168 Å². The van der Waals surface area contributed by atoms with E-state index in [1.165, 1.54) is 38.5 Å². The molecule has 0 aliphatic rings. The van der Waals surface area contributed by atoms with E-state index < -0.39 is 12.0 Å². The van der Waals surface area contributed by atoms with E-state index in [0.29, 0.717) is 18.6 Å². The number of aliphatic carboxylic acids is 1. The van der Waals surface area contributed by atoms with Gasteiger partial charge in [0.05, 0.1) is 12.0 Å². The number of carboxylic acids is 1. The molecule has 1 N–H and O–H groups in total. The fraction of sp³-hybridized carbons (Fsp3) is 0.882. The van der Waals surface area contributed by atoms with Crippen molar-refractivity contribution in [1.29, 1.82) is 0 Å². The summed E-state index contributed by atoms with van der Waals surface area (Å²) < 4.78 is 0. The Morgan fingerprint density at radius 2 is 1.52 bits per heavy atom. The van der Waals surface area contributed by atoms with Crippen LogP contribution in [0.25, 0.3) is 0 Å². The molecule has 1 amide bonds. The molecule has 0 saturated heterocycles. The predicted octanol–water partition coefficient (Wildman–Crippen LogP) is -0.101. The van der Waals surface area contributed by atoms with Crippen LogP contribution in [-0.4, -0.2) is 29.9 Å². The fourth-order valence-corrected chi connectivity index (χ4v) is 2.82. The van der Waals surface area contributed by atoms with E-state index in [0.717, 1.165) is 19.3 Å². The number of amides is 1. The molecule has 0 aromatic carbocycles. The van der Waals surface area contributed by atoms with Crippen LogP contribution in [0.1, 0.15) is 77.6 Å². The van der Waals surface area contributed by atoms with E-state index in [-0.39, 0.29) is 35.5 Å². The average Bonchev–Trinajstić information content (AvgIpc) is 2.49. The van der Waals surface area contributed by atoms with Crippen molar-refractivity contribution in [3.8, 4) is 0 Å². The molecule has 0 aromatic heterocycles. The Hall–Kier alpha value is 0.290. The van der Waals surface area contributed by atoms with Gasteiger partial charge in [-0.2, -0.15) is 11.8 Å². The average molecular weight is 354 g/mol. The summed E-state index contributed by atoms with van der Waals surface area (Å²) in [5.74, 6) is -0.649. The molecule has 0 fully saturated rings. The van der Waals surface area contributed by atoms with E-state index in [1.54, 1.807) is 11.8 Å². The van der Waals surface area contributed by atoms with E-state index >= 15 is 0 Å². The summed E-state index contributed by atoms with van der Waals surface area (Å²) in [6.07, 6.45) is 13.6. The first kappa shape index (κ1) is 25.5. The smallest absolute Gasteiger partial charge is 0.548 e. The second kappa shape index (κ2) is 18.6. The van der Waals surface area contributed by atoms with E-state index in [1.807, 2.05) is 6.26 Å². The maximum atomic E-state index is 11.7. The Morgan fingerprint density at radius 1 is 1.00 bits per heavy atom. The van der Waals surface area contributed by atoms with Crippen molar-refractivity contribution < 1.29 is 44.3 Å². The van der Waals surface area contributed by atoms with Gasteiger partial charge in [-0.3, -0.25) is 4.79 Å². The zero-order chi connectivity index (χ0) is 16.6. The summed E-state index contributed by atoms with van der Waals surface area (Å²) in [6.45, 7) is 2.22. The minimum Gasteiger partial charge on any atom is -0.548 e. The van der Waals surface area contributed by atoms with Crippen LogP contribution in [0.3, 0.4) is 0 Å². The third kappa shape index (κ3) is 16.9. The van der Waals surface area contributed by atoms with Gasteiger partial charge >= 0.3 is 29.6 Å².